The molecule has 5 heteroatoms. The van der Waals surface area contributed by atoms with Crippen molar-refractivity contribution in [1.82, 2.24) is 16.0 Å². The van der Waals surface area contributed by atoms with Crippen LogP contribution >= 0.6 is 0 Å². The van der Waals surface area contributed by atoms with Crippen molar-refractivity contribution in [3.05, 3.63) is 35.4 Å². The van der Waals surface area contributed by atoms with E-state index in [9.17, 15) is 4.79 Å². The molecule has 0 aliphatic carbocycles. The van der Waals surface area contributed by atoms with E-state index < -0.39 is 0 Å². The maximum absolute atomic E-state index is 11.9. The molecule has 1 rings (SSSR count). The summed E-state index contributed by atoms with van der Waals surface area (Å²) in [4.78, 5) is 16.2. The van der Waals surface area contributed by atoms with Crippen molar-refractivity contribution < 1.29 is 4.79 Å². The Kier molecular flexibility index (Phi) is 10.4. The first-order chi connectivity index (χ1) is 12.1. The van der Waals surface area contributed by atoms with Gasteiger partial charge < -0.3 is 16.0 Å². The van der Waals surface area contributed by atoms with E-state index in [4.69, 9.17) is 0 Å². The lowest BCUT2D eigenvalue weighted by atomic mass is 9.99. The molecule has 0 radical (unpaired) electrons. The molecule has 5 nitrogen and oxygen atoms in total. The smallest absolute Gasteiger partial charge is 0.251 e. The minimum Gasteiger partial charge on any atom is -0.356 e. The molecular weight excluding hydrogens is 312 g/mol. The largest absolute Gasteiger partial charge is 0.356 e. The molecule has 140 valence electrons. The van der Waals surface area contributed by atoms with Crippen molar-refractivity contribution in [2.75, 3.05) is 20.1 Å². The van der Waals surface area contributed by atoms with Gasteiger partial charge in [0.05, 0.1) is 0 Å². The molecule has 3 N–H and O–H groups in total. The molecule has 0 spiro atoms. The molecule has 25 heavy (non-hydrogen) atoms. The molecule has 0 heterocycles. The number of unbranched alkanes of at least 4 members (excludes halogenated alkanes) is 1. The van der Waals surface area contributed by atoms with Crippen LogP contribution in [0, 0.1) is 5.92 Å². The predicted octanol–water partition coefficient (Wildman–Crippen LogP) is 3.32. The zero-order valence-electron chi connectivity index (χ0n) is 16.2. The third kappa shape index (κ3) is 8.05. The summed E-state index contributed by atoms with van der Waals surface area (Å²) in [5.41, 5.74) is 1.75. The molecule has 0 aromatic heterocycles. The zero-order chi connectivity index (χ0) is 18.5. The fourth-order valence-corrected chi connectivity index (χ4v) is 2.68. The Bertz CT molecular complexity index is 542. The first-order valence-electron chi connectivity index (χ1n) is 9.46. The topological polar surface area (TPSA) is 65.5 Å². The highest BCUT2D eigenvalue weighted by Crippen LogP contribution is 2.11. The van der Waals surface area contributed by atoms with Crippen LogP contribution in [-0.4, -0.2) is 32.0 Å². The monoisotopic (exact) mass is 346 g/mol. The normalized spacial score (nSPS) is 12.6. The quantitative estimate of drug-likeness (QED) is 0.450. The van der Waals surface area contributed by atoms with Crippen LogP contribution in [0.15, 0.2) is 29.3 Å². The molecule has 0 saturated carbocycles. The number of rotatable bonds is 10. The average molecular weight is 347 g/mol. The number of nitrogens with zero attached hydrogens (tertiary/aromatic N) is 1. The van der Waals surface area contributed by atoms with Crippen molar-refractivity contribution in [3.8, 4) is 0 Å². The first-order valence-corrected chi connectivity index (χ1v) is 9.46. The van der Waals surface area contributed by atoms with E-state index in [1.54, 1.807) is 7.05 Å². The van der Waals surface area contributed by atoms with Crippen LogP contribution in [0.4, 0.5) is 0 Å². The summed E-state index contributed by atoms with van der Waals surface area (Å²) in [5, 5.41) is 9.57. The summed E-state index contributed by atoms with van der Waals surface area (Å²) >= 11 is 0. The second-order valence-corrected chi connectivity index (χ2v) is 6.28. The second kappa shape index (κ2) is 12.3. The highest BCUT2D eigenvalue weighted by Gasteiger charge is 2.08. The average Bonchev–Trinajstić information content (AvgIpc) is 2.64. The van der Waals surface area contributed by atoms with Crippen LogP contribution in [-0.2, 0) is 6.54 Å². The van der Waals surface area contributed by atoms with Crippen LogP contribution in [0.5, 0.6) is 0 Å². The lowest BCUT2D eigenvalue weighted by Gasteiger charge is -2.18. The highest BCUT2D eigenvalue weighted by molar-refractivity contribution is 5.94. The van der Waals surface area contributed by atoms with Gasteiger partial charge in [-0.3, -0.25) is 9.79 Å². The van der Waals surface area contributed by atoms with Crippen molar-refractivity contribution in [1.29, 1.82) is 0 Å². The molecule has 1 unspecified atom stereocenters. The number of amides is 1. The van der Waals surface area contributed by atoms with Crippen molar-refractivity contribution >= 4 is 11.9 Å². The summed E-state index contributed by atoms with van der Waals surface area (Å²) in [6, 6.07) is 7.68. The maximum Gasteiger partial charge on any atom is 0.251 e. The molecule has 1 aromatic carbocycles. The summed E-state index contributed by atoms with van der Waals surface area (Å²) in [6.07, 6.45) is 4.95. The molecule has 1 amide bonds. The van der Waals surface area contributed by atoms with Gasteiger partial charge in [-0.25, -0.2) is 0 Å². The Hall–Kier alpha value is -2.04. The lowest BCUT2D eigenvalue weighted by molar-refractivity contribution is 0.0955. The van der Waals surface area contributed by atoms with Gasteiger partial charge in [0.2, 0.25) is 0 Å². The van der Waals surface area contributed by atoms with Crippen molar-refractivity contribution in [3.63, 3.8) is 0 Å². The zero-order valence-corrected chi connectivity index (χ0v) is 16.2. The van der Waals surface area contributed by atoms with E-state index in [0.717, 1.165) is 18.1 Å². The predicted molar refractivity (Wildman–Crippen MR) is 106 cm³/mol. The molecule has 1 atom stereocenters. The molecule has 0 saturated heterocycles. The number of aliphatic imine (C=N–C) groups is 1. The van der Waals surface area contributed by atoms with Crippen molar-refractivity contribution in [2.24, 2.45) is 10.9 Å². The van der Waals surface area contributed by atoms with Crippen LogP contribution in [0.1, 0.15) is 62.4 Å². The summed E-state index contributed by atoms with van der Waals surface area (Å²) in [7, 11) is 1.79. The summed E-state index contributed by atoms with van der Waals surface area (Å²) in [5.74, 6) is 1.45. The molecule has 0 aliphatic rings. The molecule has 1 aromatic rings. The number of carbonyl (C=O) groups excluding carboxylic acids is 1. The third-order valence-corrected chi connectivity index (χ3v) is 4.31. The number of carbonyl (C=O) groups is 1. The molecule has 0 bridgehead atoms. The Morgan fingerprint density at radius 3 is 2.60 bits per heavy atom. The van der Waals surface area contributed by atoms with Crippen LogP contribution in [0.25, 0.3) is 0 Å². The molecule has 0 fully saturated rings. The Labute approximate surface area is 152 Å². The number of hydrogen-bond donors (Lipinski definition) is 3. The van der Waals surface area contributed by atoms with E-state index in [1.165, 1.54) is 25.7 Å². The van der Waals surface area contributed by atoms with E-state index in [0.29, 0.717) is 24.6 Å². The summed E-state index contributed by atoms with van der Waals surface area (Å²) < 4.78 is 0. The Morgan fingerprint density at radius 2 is 1.96 bits per heavy atom. The van der Waals surface area contributed by atoms with Gasteiger partial charge in [0.25, 0.3) is 5.91 Å². The number of benzene rings is 1. The number of hydrogen-bond acceptors (Lipinski definition) is 2. The lowest BCUT2D eigenvalue weighted by Crippen LogP contribution is -2.39. The maximum atomic E-state index is 11.9. The minimum atomic E-state index is -0.0337. The van der Waals surface area contributed by atoms with Gasteiger partial charge in [-0.2, -0.15) is 0 Å². The summed E-state index contributed by atoms with van der Waals surface area (Å²) in [6.45, 7) is 8.60. The fraction of sp³-hybridized carbons (Fsp3) is 0.600. The van der Waals surface area contributed by atoms with E-state index in [1.807, 2.05) is 31.2 Å². The SMILES string of the molecule is CCCCC(CC)CNC(=NC)NCc1cccc(C(=O)NCC)c1. The van der Waals surface area contributed by atoms with Crippen LogP contribution in [0.2, 0.25) is 0 Å². The Morgan fingerprint density at radius 1 is 1.16 bits per heavy atom. The van der Waals surface area contributed by atoms with Crippen LogP contribution < -0.4 is 16.0 Å². The number of nitrogens with one attached hydrogen (secondary N) is 3. The van der Waals surface area contributed by atoms with Crippen LogP contribution in [0.3, 0.4) is 0 Å². The Balaban J connectivity index is 2.51. The van der Waals surface area contributed by atoms with E-state index >= 15 is 0 Å². The van der Waals surface area contributed by atoms with Gasteiger partial charge in [0.1, 0.15) is 0 Å². The fourth-order valence-electron chi connectivity index (χ4n) is 2.68. The van der Waals surface area contributed by atoms with Gasteiger partial charge in [-0.1, -0.05) is 45.2 Å². The van der Waals surface area contributed by atoms with E-state index in [-0.39, 0.29) is 5.91 Å². The standard InChI is InChI=1S/C20H34N4O/c1-5-8-10-16(6-2)14-23-20(21-4)24-15-17-11-9-12-18(13-17)19(25)22-7-3/h9,11-13,16H,5-8,10,14-15H2,1-4H3,(H,22,25)(H2,21,23,24). The van der Waals surface area contributed by atoms with Gasteiger partial charge in [0.15, 0.2) is 5.96 Å². The van der Waals surface area contributed by atoms with Gasteiger partial charge in [-0.15, -0.1) is 0 Å². The molecular formula is C20H34N4O. The minimum absolute atomic E-state index is 0.0337. The second-order valence-electron chi connectivity index (χ2n) is 6.28. The van der Waals surface area contributed by atoms with Gasteiger partial charge >= 0.3 is 0 Å². The van der Waals surface area contributed by atoms with Gasteiger partial charge in [-0.05, 0) is 37.0 Å². The third-order valence-electron chi connectivity index (χ3n) is 4.31. The van der Waals surface area contributed by atoms with Gasteiger partial charge in [0, 0.05) is 32.2 Å². The highest BCUT2D eigenvalue weighted by atomic mass is 16.1. The van der Waals surface area contributed by atoms with E-state index in [2.05, 4.69) is 34.8 Å². The number of guanidine groups is 1. The molecule has 0 aliphatic heterocycles. The van der Waals surface area contributed by atoms with Crippen molar-refractivity contribution in [2.45, 2.75) is 53.0 Å². The first kappa shape index (κ1) is 21.0.